The molecule has 0 aromatic carbocycles. The Morgan fingerprint density at radius 2 is 1.31 bits per heavy atom. The fraction of sp³-hybridized carbons (Fsp3) is 1.00. The summed E-state index contributed by atoms with van der Waals surface area (Å²) in [5, 5.41) is 17.3. The van der Waals surface area contributed by atoms with Crippen LogP contribution in [0.25, 0.3) is 0 Å². The molecular formula is C26H57N3O3. The Morgan fingerprint density at radius 1 is 0.781 bits per heavy atom. The van der Waals surface area contributed by atoms with Gasteiger partial charge in [-0.2, -0.15) is 10.1 Å². The first kappa shape index (κ1) is 31.8. The molecule has 0 aromatic rings. The highest BCUT2D eigenvalue weighted by Gasteiger charge is 2.27. The van der Waals surface area contributed by atoms with E-state index in [2.05, 4.69) is 60.8 Å². The van der Waals surface area contributed by atoms with Crippen LogP contribution in [-0.4, -0.2) is 71.3 Å². The number of nitrogens with zero attached hydrogens (tertiary/aromatic N) is 2. The van der Waals surface area contributed by atoms with E-state index in [9.17, 15) is 5.11 Å². The summed E-state index contributed by atoms with van der Waals surface area (Å²) in [6.07, 6.45) is 8.30. The number of hydrogen-bond acceptors (Lipinski definition) is 6. The molecule has 0 aliphatic rings. The molecule has 3 atom stereocenters. The Balaban J connectivity index is 4.23. The van der Waals surface area contributed by atoms with Gasteiger partial charge in [-0.15, -0.1) is 0 Å². The van der Waals surface area contributed by atoms with Crippen LogP contribution in [0.2, 0.25) is 0 Å². The van der Waals surface area contributed by atoms with Crippen molar-refractivity contribution in [1.82, 2.24) is 15.4 Å². The molecule has 194 valence electrons. The van der Waals surface area contributed by atoms with Crippen LogP contribution < -0.4 is 5.32 Å². The van der Waals surface area contributed by atoms with E-state index in [0.717, 1.165) is 51.4 Å². The Bertz CT molecular complexity index is 491. The minimum absolute atomic E-state index is 0.126. The second-order valence-electron chi connectivity index (χ2n) is 11.8. The van der Waals surface area contributed by atoms with Crippen molar-refractivity contribution in [1.29, 1.82) is 0 Å². The minimum atomic E-state index is -0.585. The smallest absolute Gasteiger partial charge is 0.0844 e. The highest BCUT2D eigenvalue weighted by molar-refractivity contribution is 4.80. The van der Waals surface area contributed by atoms with Gasteiger partial charge in [-0.3, -0.25) is 9.68 Å². The maximum atomic E-state index is 9.87. The van der Waals surface area contributed by atoms with Crippen LogP contribution in [0, 0.1) is 0 Å². The van der Waals surface area contributed by atoms with Gasteiger partial charge in [-0.1, -0.05) is 0 Å². The number of nitrogens with one attached hydrogen (secondary N) is 1. The Morgan fingerprint density at radius 3 is 1.84 bits per heavy atom. The minimum Gasteiger partial charge on any atom is -0.390 e. The molecule has 2 N–H and O–H groups in total. The molecule has 0 saturated carbocycles. The maximum absolute atomic E-state index is 9.87. The van der Waals surface area contributed by atoms with Crippen LogP contribution in [0.5, 0.6) is 0 Å². The highest BCUT2D eigenvalue weighted by Crippen LogP contribution is 2.24. The third-order valence-electron chi connectivity index (χ3n) is 6.65. The van der Waals surface area contributed by atoms with Gasteiger partial charge >= 0.3 is 0 Å². The predicted molar refractivity (Wildman–Crippen MR) is 137 cm³/mol. The first-order valence-electron chi connectivity index (χ1n) is 12.7. The zero-order valence-corrected chi connectivity index (χ0v) is 23.5. The van der Waals surface area contributed by atoms with Crippen molar-refractivity contribution in [2.45, 2.75) is 149 Å². The monoisotopic (exact) mass is 459 g/mol. The van der Waals surface area contributed by atoms with E-state index in [4.69, 9.17) is 9.68 Å². The zero-order valence-electron chi connectivity index (χ0n) is 23.5. The highest BCUT2D eigenvalue weighted by atomic mass is 16.7. The lowest BCUT2D eigenvalue weighted by atomic mass is 9.92. The lowest BCUT2D eigenvalue weighted by Gasteiger charge is -2.36. The normalized spacial score (nSPS) is 16.6. The predicted octanol–water partition coefficient (Wildman–Crippen LogP) is 5.55. The van der Waals surface area contributed by atoms with E-state index < -0.39 is 5.60 Å². The lowest BCUT2D eigenvalue weighted by molar-refractivity contribution is -0.243. The molecule has 0 saturated heterocycles. The fourth-order valence-electron chi connectivity index (χ4n) is 3.60. The van der Waals surface area contributed by atoms with Crippen molar-refractivity contribution >= 4 is 0 Å². The van der Waals surface area contributed by atoms with Gasteiger partial charge in [0.25, 0.3) is 0 Å². The van der Waals surface area contributed by atoms with Crippen molar-refractivity contribution in [3.8, 4) is 0 Å². The van der Waals surface area contributed by atoms with E-state index >= 15 is 0 Å². The molecule has 6 nitrogen and oxygen atoms in total. The Labute approximate surface area is 200 Å². The van der Waals surface area contributed by atoms with Gasteiger partial charge in [0.1, 0.15) is 0 Å². The molecule has 0 aliphatic heterocycles. The summed E-state index contributed by atoms with van der Waals surface area (Å²) in [6.45, 7) is 19.1. The molecule has 0 aromatic heterocycles. The molecule has 0 aliphatic carbocycles. The van der Waals surface area contributed by atoms with Gasteiger partial charge < -0.3 is 10.4 Å². The van der Waals surface area contributed by atoms with E-state index in [1.54, 1.807) is 0 Å². The molecule has 0 spiro atoms. The van der Waals surface area contributed by atoms with Gasteiger partial charge in [-0.05, 0) is 121 Å². The van der Waals surface area contributed by atoms with Gasteiger partial charge in [-0.25, -0.2) is 0 Å². The summed E-state index contributed by atoms with van der Waals surface area (Å²) in [6, 6.07) is 0.700. The average molecular weight is 460 g/mol. The summed E-state index contributed by atoms with van der Waals surface area (Å²) < 4.78 is 0. The number of aliphatic hydroxyl groups is 1. The fourth-order valence-corrected chi connectivity index (χ4v) is 3.60. The maximum Gasteiger partial charge on any atom is 0.0844 e. The number of hydrogen-bond donors (Lipinski definition) is 2. The van der Waals surface area contributed by atoms with Crippen LogP contribution in [0.3, 0.4) is 0 Å². The molecular weight excluding hydrogens is 402 g/mol. The third kappa shape index (κ3) is 15.6. The Hall–Kier alpha value is -0.240. The van der Waals surface area contributed by atoms with E-state index in [1.165, 1.54) is 0 Å². The lowest BCUT2D eigenvalue weighted by Crippen LogP contribution is -2.42. The summed E-state index contributed by atoms with van der Waals surface area (Å²) in [4.78, 5) is 12.4. The zero-order chi connectivity index (χ0) is 25.2. The summed E-state index contributed by atoms with van der Waals surface area (Å²) in [7, 11) is 6.09. The quantitative estimate of drug-likeness (QED) is 0.262. The van der Waals surface area contributed by atoms with Crippen LogP contribution in [0.1, 0.15) is 114 Å². The third-order valence-corrected chi connectivity index (χ3v) is 6.65. The molecule has 0 radical (unpaired) electrons. The van der Waals surface area contributed by atoms with Gasteiger partial charge in [0.05, 0.1) is 17.3 Å². The van der Waals surface area contributed by atoms with Gasteiger partial charge in [0.2, 0.25) is 0 Å². The van der Waals surface area contributed by atoms with Crippen LogP contribution in [-0.2, 0) is 9.68 Å². The second-order valence-corrected chi connectivity index (χ2v) is 11.8. The molecule has 0 rings (SSSR count). The molecule has 0 heterocycles. The number of rotatable bonds is 18. The van der Waals surface area contributed by atoms with Crippen molar-refractivity contribution in [2.75, 3.05) is 21.1 Å². The van der Waals surface area contributed by atoms with Crippen molar-refractivity contribution in [3.63, 3.8) is 0 Å². The standard InChI is InChI=1S/C26H57N3O3/c1-21(16-14-18-25(6,7)30)28(11)31-23(3)17-13-15-22(2)29(12)32-26(8,9)20-19-24(4,5)27-10/h21-23,27,30H,13-20H2,1-12H3. The molecule has 3 unspecified atom stereocenters. The SMILES string of the molecule is CNC(C)(C)CCC(C)(C)ON(C)C(C)CCCC(C)ON(C)C(C)CCCC(C)(C)O. The van der Waals surface area contributed by atoms with Gasteiger partial charge in [0.15, 0.2) is 0 Å². The van der Waals surface area contributed by atoms with Crippen LogP contribution in [0.15, 0.2) is 0 Å². The van der Waals surface area contributed by atoms with Crippen molar-refractivity contribution in [3.05, 3.63) is 0 Å². The molecule has 0 fully saturated rings. The van der Waals surface area contributed by atoms with Crippen LogP contribution >= 0.6 is 0 Å². The van der Waals surface area contributed by atoms with E-state index in [0.29, 0.717) is 12.1 Å². The average Bonchev–Trinajstić information content (AvgIpc) is 2.65. The van der Waals surface area contributed by atoms with Crippen molar-refractivity contribution in [2.24, 2.45) is 0 Å². The summed E-state index contributed by atoms with van der Waals surface area (Å²) in [5.74, 6) is 0. The summed E-state index contributed by atoms with van der Waals surface area (Å²) >= 11 is 0. The molecule has 0 bridgehead atoms. The van der Waals surface area contributed by atoms with Crippen molar-refractivity contribution < 1.29 is 14.8 Å². The molecule has 32 heavy (non-hydrogen) atoms. The van der Waals surface area contributed by atoms with Crippen LogP contribution in [0.4, 0.5) is 0 Å². The van der Waals surface area contributed by atoms with Gasteiger partial charge in [0, 0.05) is 31.7 Å². The Kier molecular flexibility index (Phi) is 14.1. The molecule has 0 amide bonds. The second kappa shape index (κ2) is 14.2. The largest absolute Gasteiger partial charge is 0.390 e. The van der Waals surface area contributed by atoms with E-state index in [1.807, 2.05) is 38.1 Å². The van der Waals surface area contributed by atoms with E-state index in [-0.39, 0.29) is 17.2 Å². The first-order chi connectivity index (χ1) is 14.5. The topological polar surface area (TPSA) is 57.2 Å². The number of hydroxylamine groups is 4. The summed E-state index contributed by atoms with van der Waals surface area (Å²) in [5.41, 5.74) is -0.642. The first-order valence-corrected chi connectivity index (χ1v) is 12.7. The molecule has 6 heteroatoms.